The number of aryl methyl sites for hydroxylation is 2. The third-order valence-electron chi connectivity index (χ3n) is 5.63. The van der Waals surface area contributed by atoms with Crippen LogP contribution in [0.1, 0.15) is 26.5 Å². The molecule has 3 aromatic rings. The van der Waals surface area contributed by atoms with Gasteiger partial charge in [0.1, 0.15) is 4.88 Å². The molecule has 0 saturated carbocycles. The van der Waals surface area contributed by atoms with Gasteiger partial charge < -0.3 is 15.1 Å². The van der Waals surface area contributed by atoms with Crippen LogP contribution < -0.4 is 15.5 Å². The van der Waals surface area contributed by atoms with Crippen molar-refractivity contribution in [3.8, 4) is 0 Å². The van der Waals surface area contributed by atoms with Gasteiger partial charge in [-0.15, -0.1) is 0 Å². The molecule has 0 radical (unpaired) electrons. The maximum Gasteiger partial charge on any atom is 0.416 e. The summed E-state index contributed by atoms with van der Waals surface area (Å²) in [5.74, 6) is -0.212. The van der Waals surface area contributed by atoms with E-state index in [0.717, 1.165) is 29.0 Å². The summed E-state index contributed by atoms with van der Waals surface area (Å²) in [5.41, 5.74) is 2.00. The number of piperazine rings is 1. The van der Waals surface area contributed by atoms with Crippen molar-refractivity contribution in [2.45, 2.75) is 20.0 Å². The normalized spacial score (nSPS) is 14.1. The fraction of sp³-hybridized carbons (Fsp3) is 0.292. The summed E-state index contributed by atoms with van der Waals surface area (Å²) in [5, 5.41) is 5.68. The molecule has 11 heteroatoms. The minimum atomic E-state index is -4.40. The Labute approximate surface area is 204 Å². The number of amides is 3. The lowest BCUT2D eigenvalue weighted by atomic mass is 10.1. The highest BCUT2D eigenvalue weighted by Gasteiger charge is 2.31. The van der Waals surface area contributed by atoms with Gasteiger partial charge in [0.2, 0.25) is 0 Å². The molecule has 0 aliphatic carbocycles. The van der Waals surface area contributed by atoms with Gasteiger partial charge in [0.25, 0.3) is 5.91 Å². The van der Waals surface area contributed by atoms with E-state index in [-0.39, 0.29) is 5.91 Å². The van der Waals surface area contributed by atoms with Crippen LogP contribution in [0.4, 0.5) is 34.5 Å². The Bertz CT molecular complexity index is 1220. The number of anilines is 3. The van der Waals surface area contributed by atoms with Crippen molar-refractivity contribution in [2.75, 3.05) is 41.7 Å². The molecule has 1 aromatic heterocycles. The van der Waals surface area contributed by atoms with E-state index in [4.69, 9.17) is 0 Å². The largest absolute Gasteiger partial charge is 0.416 e. The summed E-state index contributed by atoms with van der Waals surface area (Å²) in [6, 6.07) is 12.1. The van der Waals surface area contributed by atoms with E-state index in [2.05, 4.69) is 15.6 Å². The summed E-state index contributed by atoms with van der Waals surface area (Å²) in [4.78, 5) is 33.6. The zero-order valence-electron chi connectivity index (χ0n) is 19.1. The van der Waals surface area contributed by atoms with E-state index in [0.29, 0.717) is 53.3 Å². The molecule has 184 valence electrons. The quantitative estimate of drug-likeness (QED) is 0.501. The molecule has 0 bridgehead atoms. The Morgan fingerprint density at radius 1 is 0.971 bits per heavy atom. The Hall–Kier alpha value is -3.60. The molecule has 4 rings (SSSR count). The summed E-state index contributed by atoms with van der Waals surface area (Å²) >= 11 is 1.09. The lowest BCUT2D eigenvalue weighted by molar-refractivity contribution is -0.137. The molecular formula is C24H24F3N5O2S. The monoisotopic (exact) mass is 503 g/mol. The van der Waals surface area contributed by atoms with E-state index in [9.17, 15) is 22.8 Å². The van der Waals surface area contributed by atoms with Gasteiger partial charge in [-0.25, -0.2) is 9.78 Å². The molecule has 2 N–H and O–H groups in total. The number of carbonyl (C=O) groups excluding carboxylic acids is 2. The number of hydrogen-bond donors (Lipinski definition) is 2. The van der Waals surface area contributed by atoms with Crippen molar-refractivity contribution in [1.82, 2.24) is 9.88 Å². The number of halogens is 3. The minimum Gasteiger partial charge on any atom is -0.368 e. The number of alkyl halides is 3. The second-order valence-corrected chi connectivity index (χ2v) is 9.21. The number of carbonyl (C=O) groups is 2. The Morgan fingerprint density at radius 2 is 1.66 bits per heavy atom. The van der Waals surface area contributed by atoms with Crippen LogP contribution >= 0.6 is 11.3 Å². The topological polar surface area (TPSA) is 77.6 Å². The zero-order chi connectivity index (χ0) is 25.2. The lowest BCUT2D eigenvalue weighted by Gasteiger charge is -2.36. The maximum atomic E-state index is 13.1. The number of thiazole rings is 1. The SMILES string of the molecule is Cc1ccc(NC(=O)Nc2nc(C)c(C(=O)N3CCN(c4cccc(C(F)(F)F)c4)CC3)s2)cc1. The molecule has 35 heavy (non-hydrogen) atoms. The summed E-state index contributed by atoms with van der Waals surface area (Å²) in [7, 11) is 0. The molecule has 0 atom stereocenters. The molecule has 3 amide bonds. The Balaban J connectivity index is 1.36. The van der Waals surface area contributed by atoms with Crippen molar-refractivity contribution < 1.29 is 22.8 Å². The fourth-order valence-electron chi connectivity index (χ4n) is 3.73. The van der Waals surface area contributed by atoms with E-state index < -0.39 is 17.8 Å². The van der Waals surface area contributed by atoms with Crippen LogP contribution in [-0.2, 0) is 6.18 Å². The van der Waals surface area contributed by atoms with E-state index in [1.54, 1.807) is 30.0 Å². The van der Waals surface area contributed by atoms with E-state index >= 15 is 0 Å². The van der Waals surface area contributed by atoms with Gasteiger partial charge in [0, 0.05) is 37.6 Å². The molecule has 1 aliphatic heterocycles. The van der Waals surface area contributed by atoms with Crippen LogP contribution in [0.15, 0.2) is 48.5 Å². The second-order valence-electron chi connectivity index (χ2n) is 8.21. The summed E-state index contributed by atoms with van der Waals surface area (Å²) in [6.45, 7) is 5.20. The van der Waals surface area contributed by atoms with Crippen molar-refractivity contribution in [2.24, 2.45) is 0 Å². The lowest BCUT2D eigenvalue weighted by Crippen LogP contribution is -2.48. The maximum absolute atomic E-state index is 13.1. The van der Waals surface area contributed by atoms with Crippen LogP contribution in [0.2, 0.25) is 0 Å². The van der Waals surface area contributed by atoms with Crippen LogP contribution in [0.25, 0.3) is 0 Å². The first kappa shape index (κ1) is 24.5. The van der Waals surface area contributed by atoms with E-state index in [1.807, 2.05) is 24.0 Å². The Kier molecular flexibility index (Phi) is 6.97. The molecule has 0 spiro atoms. The first-order chi connectivity index (χ1) is 16.6. The van der Waals surface area contributed by atoms with Gasteiger partial charge in [-0.2, -0.15) is 13.2 Å². The molecule has 1 fully saturated rings. The number of urea groups is 1. The average molecular weight is 504 g/mol. The van der Waals surface area contributed by atoms with Gasteiger partial charge in [0.05, 0.1) is 11.3 Å². The number of aromatic nitrogens is 1. The minimum absolute atomic E-state index is 0.212. The van der Waals surface area contributed by atoms with Crippen molar-refractivity contribution in [3.63, 3.8) is 0 Å². The summed E-state index contributed by atoms with van der Waals surface area (Å²) in [6.07, 6.45) is -4.40. The third-order valence-corrected chi connectivity index (χ3v) is 6.69. The predicted octanol–water partition coefficient (Wildman–Crippen LogP) is 5.39. The number of benzene rings is 2. The highest BCUT2D eigenvalue weighted by Crippen LogP contribution is 2.32. The molecule has 1 saturated heterocycles. The summed E-state index contributed by atoms with van der Waals surface area (Å²) < 4.78 is 39.1. The number of nitrogens with zero attached hydrogens (tertiary/aromatic N) is 3. The molecule has 0 unspecified atom stereocenters. The second kappa shape index (κ2) is 9.95. The van der Waals surface area contributed by atoms with Gasteiger partial charge in [-0.3, -0.25) is 10.1 Å². The molecule has 7 nitrogen and oxygen atoms in total. The van der Waals surface area contributed by atoms with Crippen molar-refractivity contribution in [1.29, 1.82) is 0 Å². The number of hydrogen-bond acceptors (Lipinski definition) is 5. The zero-order valence-corrected chi connectivity index (χ0v) is 20.0. The molecular weight excluding hydrogens is 479 g/mol. The van der Waals surface area contributed by atoms with Crippen LogP contribution in [-0.4, -0.2) is 48.0 Å². The standard InChI is InChI=1S/C24H24F3N5O2S/c1-15-6-8-18(9-7-15)29-22(34)30-23-28-16(2)20(35-23)21(33)32-12-10-31(11-13-32)19-5-3-4-17(14-19)24(25,26)27/h3-9,14H,10-13H2,1-2H3,(H2,28,29,30,34). The van der Waals surface area contributed by atoms with Gasteiger partial charge in [0.15, 0.2) is 5.13 Å². The van der Waals surface area contributed by atoms with Gasteiger partial charge in [-0.05, 0) is 44.2 Å². The fourth-order valence-corrected chi connectivity index (χ4v) is 4.66. The third kappa shape index (κ3) is 5.91. The van der Waals surface area contributed by atoms with Crippen LogP contribution in [0.5, 0.6) is 0 Å². The smallest absolute Gasteiger partial charge is 0.368 e. The molecule has 2 heterocycles. The van der Waals surface area contributed by atoms with Gasteiger partial charge in [-0.1, -0.05) is 35.1 Å². The average Bonchev–Trinajstić information content (AvgIpc) is 3.19. The number of rotatable bonds is 4. The first-order valence-corrected chi connectivity index (χ1v) is 11.8. The molecule has 1 aliphatic rings. The van der Waals surface area contributed by atoms with Crippen LogP contribution in [0, 0.1) is 13.8 Å². The molecule has 2 aromatic carbocycles. The van der Waals surface area contributed by atoms with Crippen molar-refractivity contribution in [3.05, 3.63) is 70.2 Å². The van der Waals surface area contributed by atoms with E-state index in [1.165, 1.54) is 6.07 Å². The van der Waals surface area contributed by atoms with Crippen molar-refractivity contribution >= 4 is 39.8 Å². The van der Waals surface area contributed by atoms with Gasteiger partial charge >= 0.3 is 12.2 Å². The Morgan fingerprint density at radius 3 is 2.31 bits per heavy atom. The highest BCUT2D eigenvalue weighted by atomic mass is 32.1. The first-order valence-electron chi connectivity index (χ1n) is 10.9. The van der Waals surface area contributed by atoms with Crippen LogP contribution in [0.3, 0.4) is 0 Å². The predicted molar refractivity (Wildman–Crippen MR) is 130 cm³/mol. The number of nitrogens with one attached hydrogen (secondary N) is 2. The highest BCUT2D eigenvalue weighted by molar-refractivity contribution is 7.17.